The van der Waals surface area contributed by atoms with Crippen LogP contribution in [-0.4, -0.2) is 14.8 Å². The average molecular weight is 496 g/mol. The summed E-state index contributed by atoms with van der Waals surface area (Å²) in [7, 11) is 0. The van der Waals surface area contributed by atoms with Gasteiger partial charge in [-0.15, -0.1) is 36.4 Å². The Bertz CT molecular complexity index is 811. The molecule has 0 unspecified atom stereocenters. The Morgan fingerprint density at radius 3 is 2.54 bits per heavy atom. The molecule has 0 aliphatic heterocycles. The van der Waals surface area contributed by atoms with Crippen molar-refractivity contribution in [2.75, 3.05) is 0 Å². The maximum atomic E-state index is 5.08. The Morgan fingerprint density at radius 1 is 1.04 bits per heavy atom. The third kappa shape index (κ3) is 4.77. The van der Waals surface area contributed by atoms with Crippen molar-refractivity contribution in [1.29, 1.82) is 0 Å². The van der Waals surface area contributed by atoms with Gasteiger partial charge in [-0.2, -0.15) is 28.9 Å². The van der Waals surface area contributed by atoms with Crippen LogP contribution in [-0.2, 0) is 21.1 Å². The average Bonchev–Trinajstić information content (AvgIpc) is 3.31. The second-order valence-corrected chi connectivity index (χ2v) is 4.82. The Kier molecular flexibility index (Phi) is 6.71. The minimum absolute atomic E-state index is 0. The maximum absolute atomic E-state index is 5.08. The van der Waals surface area contributed by atoms with Crippen molar-refractivity contribution < 1.29 is 25.5 Å². The molecule has 0 aliphatic carbocycles. The van der Waals surface area contributed by atoms with Crippen LogP contribution < -0.4 is 0 Å². The van der Waals surface area contributed by atoms with Crippen molar-refractivity contribution in [3.8, 4) is 17.1 Å². The molecular formula is C19H15N3OPt. The summed E-state index contributed by atoms with van der Waals surface area (Å²) in [6, 6.07) is 21.6. The van der Waals surface area contributed by atoms with Crippen LogP contribution in [0.3, 0.4) is 0 Å². The van der Waals surface area contributed by atoms with E-state index in [0.29, 0.717) is 5.89 Å². The third-order valence-electron chi connectivity index (χ3n) is 3.07. The second kappa shape index (κ2) is 8.99. The summed E-state index contributed by atoms with van der Waals surface area (Å²) in [6.45, 7) is 2.05. The molecule has 4 nitrogen and oxygen atoms in total. The first-order chi connectivity index (χ1) is 11.3. The SMILES string of the molecule is Cc1c[c-]c(-n2cccn2)cc1.[Pt+2].[c-]1ccccc1-c1ncco1. The fourth-order valence-corrected chi connectivity index (χ4v) is 1.93. The first kappa shape index (κ1) is 17.9. The molecule has 4 aromatic rings. The maximum Gasteiger partial charge on any atom is 2.00 e. The molecule has 0 N–H and O–H groups in total. The van der Waals surface area contributed by atoms with E-state index in [0.717, 1.165) is 11.3 Å². The summed E-state index contributed by atoms with van der Waals surface area (Å²) < 4.78 is 6.87. The topological polar surface area (TPSA) is 43.9 Å². The predicted molar refractivity (Wildman–Crippen MR) is 87.9 cm³/mol. The van der Waals surface area contributed by atoms with Crippen molar-refractivity contribution in [2.24, 2.45) is 0 Å². The number of aromatic nitrogens is 3. The van der Waals surface area contributed by atoms with E-state index in [4.69, 9.17) is 4.42 Å². The molecule has 24 heavy (non-hydrogen) atoms. The van der Waals surface area contributed by atoms with E-state index in [1.54, 1.807) is 23.3 Å². The van der Waals surface area contributed by atoms with Gasteiger partial charge in [0, 0.05) is 12.4 Å². The van der Waals surface area contributed by atoms with Gasteiger partial charge in [0.15, 0.2) is 0 Å². The summed E-state index contributed by atoms with van der Waals surface area (Å²) in [4.78, 5) is 3.99. The van der Waals surface area contributed by atoms with Gasteiger partial charge in [-0.25, -0.2) is 0 Å². The van der Waals surface area contributed by atoms with Crippen molar-refractivity contribution in [3.63, 3.8) is 0 Å². The molecule has 0 aliphatic rings. The van der Waals surface area contributed by atoms with Gasteiger partial charge in [-0.3, -0.25) is 9.67 Å². The van der Waals surface area contributed by atoms with Gasteiger partial charge in [0.25, 0.3) is 0 Å². The van der Waals surface area contributed by atoms with Crippen molar-refractivity contribution in [1.82, 2.24) is 14.8 Å². The minimum Gasteiger partial charge on any atom is -0.489 e. The normalized spacial score (nSPS) is 9.54. The first-order valence-corrected chi connectivity index (χ1v) is 7.18. The zero-order valence-corrected chi connectivity index (χ0v) is 15.3. The Balaban J connectivity index is 0.000000167. The fraction of sp³-hybridized carbons (Fsp3) is 0.0526. The van der Waals surface area contributed by atoms with Crippen molar-refractivity contribution >= 4 is 0 Å². The van der Waals surface area contributed by atoms with Crippen LogP contribution in [0, 0.1) is 19.1 Å². The number of oxazole rings is 1. The number of rotatable bonds is 2. The molecule has 0 amide bonds. The van der Waals surface area contributed by atoms with Gasteiger partial charge < -0.3 is 4.42 Å². The molecule has 2 aromatic heterocycles. The Labute approximate surface area is 155 Å². The number of hydrogen-bond donors (Lipinski definition) is 0. The van der Waals surface area contributed by atoms with Crippen molar-refractivity contribution in [3.05, 3.63) is 91.1 Å². The molecular weight excluding hydrogens is 481 g/mol. The first-order valence-electron chi connectivity index (χ1n) is 7.18. The van der Waals surface area contributed by atoms with Crippen LogP contribution in [0.5, 0.6) is 0 Å². The van der Waals surface area contributed by atoms with Crippen LogP contribution in [0.4, 0.5) is 0 Å². The van der Waals surface area contributed by atoms with Crippen LogP contribution in [0.25, 0.3) is 17.1 Å². The standard InChI is InChI=1S/C10H9N2.C9H6NO.Pt/c1-9-3-5-10(6-4-9)12-8-2-7-11-12;1-2-4-8(5-3-1)9-10-6-7-11-9;/h2-5,7-8H,1H3;1-4,6-7H;/q2*-1;+2. The molecule has 2 aromatic carbocycles. The van der Waals surface area contributed by atoms with E-state index in [1.807, 2.05) is 61.7 Å². The van der Waals surface area contributed by atoms with Gasteiger partial charge in [-0.05, 0) is 11.8 Å². The van der Waals surface area contributed by atoms with Gasteiger partial charge in [-0.1, -0.05) is 12.5 Å². The molecule has 0 saturated carbocycles. The van der Waals surface area contributed by atoms with E-state index in [2.05, 4.69) is 22.2 Å². The summed E-state index contributed by atoms with van der Waals surface area (Å²) >= 11 is 0. The molecule has 0 bridgehead atoms. The zero-order valence-electron chi connectivity index (χ0n) is 13.0. The zero-order chi connectivity index (χ0) is 15.9. The quantitative estimate of drug-likeness (QED) is 0.393. The summed E-state index contributed by atoms with van der Waals surface area (Å²) in [5.74, 6) is 0.616. The smallest absolute Gasteiger partial charge is 0.489 e. The number of nitrogens with zero attached hydrogens (tertiary/aromatic N) is 3. The van der Waals surface area contributed by atoms with Crippen LogP contribution >= 0.6 is 0 Å². The molecule has 0 radical (unpaired) electrons. The number of aryl methyl sites for hydroxylation is 1. The van der Waals surface area contributed by atoms with Gasteiger partial charge in [0.1, 0.15) is 5.89 Å². The second-order valence-electron chi connectivity index (χ2n) is 4.82. The number of benzene rings is 2. The third-order valence-corrected chi connectivity index (χ3v) is 3.07. The minimum atomic E-state index is 0. The molecule has 5 heteroatoms. The molecule has 4 rings (SSSR count). The summed E-state index contributed by atoms with van der Waals surface area (Å²) in [5.41, 5.74) is 3.08. The molecule has 0 spiro atoms. The van der Waals surface area contributed by atoms with E-state index in [9.17, 15) is 0 Å². The largest absolute Gasteiger partial charge is 2.00 e. The Hall–Kier alpha value is -2.45. The number of hydrogen-bond acceptors (Lipinski definition) is 3. The Morgan fingerprint density at radius 2 is 1.96 bits per heavy atom. The molecule has 122 valence electrons. The summed E-state index contributed by atoms with van der Waals surface area (Å²) in [5, 5.41) is 4.10. The van der Waals surface area contributed by atoms with E-state index in [1.165, 1.54) is 5.56 Å². The molecule has 0 fully saturated rings. The fourth-order valence-electron chi connectivity index (χ4n) is 1.93. The monoisotopic (exact) mass is 496 g/mol. The predicted octanol–water partition coefficient (Wildman–Crippen LogP) is 4.12. The van der Waals surface area contributed by atoms with Gasteiger partial charge in [0.2, 0.25) is 0 Å². The molecule has 0 atom stereocenters. The van der Waals surface area contributed by atoms with E-state index >= 15 is 0 Å². The summed E-state index contributed by atoms with van der Waals surface area (Å²) in [6.07, 6.45) is 6.83. The van der Waals surface area contributed by atoms with Crippen LogP contribution in [0.15, 0.2) is 77.8 Å². The van der Waals surface area contributed by atoms with E-state index < -0.39 is 0 Å². The molecule has 0 saturated heterocycles. The van der Waals surface area contributed by atoms with E-state index in [-0.39, 0.29) is 21.1 Å². The van der Waals surface area contributed by atoms with Gasteiger partial charge in [0.05, 0.1) is 12.5 Å². The van der Waals surface area contributed by atoms with Crippen molar-refractivity contribution in [2.45, 2.75) is 6.92 Å². The van der Waals surface area contributed by atoms with Crippen LogP contribution in [0.1, 0.15) is 5.56 Å². The van der Waals surface area contributed by atoms with Gasteiger partial charge >= 0.3 is 21.1 Å². The van der Waals surface area contributed by atoms with Crippen LogP contribution in [0.2, 0.25) is 0 Å². The molecule has 2 heterocycles.